The van der Waals surface area contributed by atoms with Crippen LogP contribution in [-0.2, 0) is 11.2 Å². The number of nitrogens with zero attached hydrogens (tertiary/aromatic N) is 1. The molecule has 0 aliphatic carbocycles. The van der Waals surface area contributed by atoms with Crippen molar-refractivity contribution in [1.82, 2.24) is 0 Å². The number of aryl methyl sites for hydroxylation is 1. The van der Waals surface area contributed by atoms with Crippen LogP contribution in [0.15, 0.2) is 44.3 Å². The van der Waals surface area contributed by atoms with Gasteiger partial charge in [0.1, 0.15) is 0 Å². The average Bonchev–Trinajstić information content (AvgIpc) is 2.47. The molecule has 0 heterocycles. The van der Waals surface area contributed by atoms with Gasteiger partial charge in [0.15, 0.2) is 6.40 Å². The minimum absolute atomic E-state index is 0.910. The Morgan fingerprint density at radius 1 is 1.14 bits per heavy atom. The van der Waals surface area contributed by atoms with Crippen molar-refractivity contribution in [2.75, 3.05) is 7.11 Å². The van der Waals surface area contributed by atoms with Gasteiger partial charge in [-0.3, -0.25) is 0 Å². The minimum Gasteiger partial charge on any atom is -0.486 e. The largest absolute Gasteiger partial charge is 0.486 e. The second-order valence-electron chi connectivity index (χ2n) is 4.91. The van der Waals surface area contributed by atoms with E-state index in [1.54, 1.807) is 7.11 Å². The van der Waals surface area contributed by atoms with Gasteiger partial charge in [0.05, 0.1) is 12.8 Å². The Balaban J connectivity index is 2.37. The molecule has 2 aromatic carbocycles. The molecule has 0 saturated heterocycles. The van der Waals surface area contributed by atoms with Crippen LogP contribution >= 0.6 is 31.9 Å². The molecule has 0 aromatic heterocycles. The molecule has 2 aromatic rings. The normalized spacial score (nSPS) is 11.1. The molecule has 0 N–H and O–H groups in total. The molecule has 110 valence electrons. The number of ether oxygens (including phenoxy) is 1. The summed E-state index contributed by atoms with van der Waals surface area (Å²) in [5.41, 5.74) is 5.87. The number of hydrogen-bond donors (Lipinski definition) is 0. The highest BCUT2D eigenvalue weighted by Gasteiger charge is 2.11. The second-order valence-corrected chi connectivity index (χ2v) is 6.62. The maximum atomic E-state index is 4.92. The van der Waals surface area contributed by atoms with Gasteiger partial charge < -0.3 is 4.74 Å². The van der Waals surface area contributed by atoms with Crippen molar-refractivity contribution in [3.05, 3.63) is 61.5 Å². The van der Waals surface area contributed by atoms with Crippen LogP contribution in [-0.4, -0.2) is 13.5 Å². The lowest BCUT2D eigenvalue weighted by molar-refractivity contribution is 0.423. The van der Waals surface area contributed by atoms with Crippen molar-refractivity contribution in [3.63, 3.8) is 0 Å². The summed E-state index contributed by atoms with van der Waals surface area (Å²) < 4.78 is 7.05. The molecule has 0 unspecified atom stereocenters. The molecule has 0 saturated carbocycles. The van der Waals surface area contributed by atoms with Gasteiger partial charge in [0, 0.05) is 8.95 Å². The Morgan fingerprint density at radius 3 is 2.43 bits per heavy atom. The van der Waals surface area contributed by atoms with Gasteiger partial charge in [-0.1, -0.05) is 34.1 Å². The summed E-state index contributed by atoms with van der Waals surface area (Å²) in [6.07, 6.45) is 2.37. The standard InChI is InChI=1S/C17H17Br2NO/c1-11-8-14(9-13-4-6-15(18)7-5-13)12(2)16(19)17(11)20-10-21-3/h4-8,10H,9H2,1-3H3. The van der Waals surface area contributed by atoms with Crippen molar-refractivity contribution in [2.24, 2.45) is 4.99 Å². The van der Waals surface area contributed by atoms with Gasteiger partial charge in [-0.15, -0.1) is 0 Å². The fraction of sp³-hybridized carbons (Fsp3) is 0.235. The van der Waals surface area contributed by atoms with E-state index in [0.29, 0.717) is 0 Å². The number of methoxy groups -OCH3 is 1. The molecule has 21 heavy (non-hydrogen) atoms. The van der Waals surface area contributed by atoms with E-state index in [9.17, 15) is 0 Å². The van der Waals surface area contributed by atoms with Crippen LogP contribution in [0.2, 0.25) is 0 Å². The maximum Gasteiger partial charge on any atom is 0.174 e. The Hall–Kier alpha value is -1.13. The average molecular weight is 411 g/mol. The third-order valence-electron chi connectivity index (χ3n) is 3.38. The Labute approximate surface area is 142 Å². The monoisotopic (exact) mass is 409 g/mol. The first-order chi connectivity index (χ1) is 10.0. The zero-order valence-corrected chi connectivity index (χ0v) is 15.5. The second kappa shape index (κ2) is 7.23. The van der Waals surface area contributed by atoms with Gasteiger partial charge in [0.2, 0.25) is 0 Å². The van der Waals surface area contributed by atoms with E-state index >= 15 is 0 Å². The molecular weight excluding hydrogens is 394 g/mol. The Bertz CT molecular complexity index is 663. The summed E-state index contributed by atoms with van der Waals surface area (Å²) in [6.45, 7) is 4.18. The quantitative estimate of drug-likeness (QED) is 0.466. The van der Waals surface area contributed by atoms with Crippen molar-refractivity contribution in [1.29, 1.82) is 0 Å². The molecule has 0 fully saturated rings. The minimum atomic E-state index is 0.910. The van der Waals surface area contributed by atoms with Crippen LogP contribution < -0.4 is 0 Å². The van der Waals surface area contributed by atoms with E-state index in [1.807, 2.05) is 0 Å². The molecular formula is C17H17Br2NO. The molecule has 0 radical (unpaired) electrons. The Kier molecular flexibility index (Phi) is 5.59. The van der Waals surface area contributed by atoms with Crippen LogP contribution in [0.25, 0.3) is 0 Å². The SMILES string of the molecule is COC=Nc1c(C)cc(Cc2ccc(Br)cc2)c(C)c1Br. The van der Waals surface area contributed by atoms with Gasteiger partial charge in [-0.25, -0.2) is 4.99 Å². The van der Waals surface area contributed by atoms with Crippen molar-refractivity contribution in [3.8, 4) is 0 Å². The number of aliphatic imine (C=N–C) groups is 1. The van der Waals surface area contributed by atoms with Crippen LogP contribution in [0.5, 0.6) is 0 Å². The first-order valence-corrected chi connectivity index (χ1v) is 8.20. The maximum absolute atomic E-state index is 4.92. The predicted molar refractivity (Wildman–Crippen MR) is 95.7 cm³/mol. The van der Waals surface area contributed by atoms with Crippen LogP contribution in [0.4, 0.5) is 5.69 Å². The molecule has 0 aliphatic rings. The smallest absolute Gasteiger partial charge is 0.174 e. The number of halogens is 2. The molecule has 4 heteroatoms. The molecule has 0 aliphatic heterocycles. The molecule has 0 atom stereocenters. The zero-order valence-electron chi connectivity index (χ0n) is 12.3. The molecule has 0 amide bonds. The lowest BCUT2D eigenvalue weighted by Crippen LogP contribution is -1.95. The van der Waals surface area contributed by atoms with Crippen LogP contribution in [0.1, 0.15) is 22.3 Å². The third-order valence-corrected chi connectivity index (χ3v) is 4.88. The molecule has 0 bridgehead atoms. The van der Waals surface area contributed by atoms with Crippen molar-refractivity contribution in [2.45, 2.75) is 20.3 Å². The lowest BCUT2D eigenvalue weighted by Gasteiger charge is -2.13. The summed E-state index contributed by atoms with van der Waals surface area (Å²) in [6, 6.07) is 10.6. The Morgan fingerprint density at radius 2 is 1.81 bits per heavy atom. The van der Waals surface area contributed by atoms with E-state index in [0.717, 1.165) is 26.6 Å². The summed E-state index contributed by atoms with van der Waals surface area (Å²) >= 11 is 7.13. The van der Waals surface area contributed by atoms with Gasteiger partial charge in [-0.05, 0) is 70.6 Å². The topological polar surface area (TPSA) is 21.6 Å². The first-order valence-electron chi connectivity index (χ1n) is 6.61. The molecule has 0 spiro atoms. The fourth-order valence-corrected chi connectivity index (χ4v) is 3.13. The summed E-state index contributed by atoms with van der Waals surface area (Å²) in [5, 5.41) is 0. The molecule has 2 nitrogen and oxygen atoms in total. The third kappa shape index (κ3) is 3.95. The van der Waals surface area contributed by atoms with E-state index in [2.05, 4.69) is 81.0 Å². The number of hydrogen-bond acceptors (Lipinski definition) is 2. The lowest BCUT2D eigenvalue weighted by atomic mass is 9.97. The number of rotatable bonds is 4. The summed E-state index contributed by atoms with van der Waals surface area (Å²) in [5.74, 6) is 0. The van der Waals surface area contributed by atoms with Crippen molar-refractivity contribution >= 4 is 43.9 Å². The van der Waals surface area contributed by atoms with E-state index in [4.69, 9.17) is 4.74 Å². The fourth-order valence-electron chi connectivity index (χ4n) is 2.20. The highest BCUT2D eigenvalue weighted by molar-refractivity contribution is 9.11. The van der Waals surface area contributed by atoms with Gasteiger partial charge in [-0.2, -0.15) is 0 Å². The van der Waals surface area contributed by atoms with Gasteiger partial charge >= 0.3 is 0 Å². The van der Waals surface area contributed by atoms with E-state index in [1.165, 1.54) is 23.1 Å². The first kappa shape index (κ1) is 16.2. The zero-order chi connectivity index (χ0) is 15.4. The van der Waals surface area contributed by atoms with Crippen molar-refractivity contribution < 1.29 is 4.74 Å². The highest BCUT2D eigenvalue weighted by Crippen LogP contribution is 2.35. The summed E-state index contributed by atoms with van der Waals surface area (Å²) in [7, 11) is 1.60. The van der Waals surface area contributed by atoms with E-state index < -0.39 is 0 Å². The van der Waals surface area contributed by atoms with Crippen LogP contribution in [0, 0.1) is 13.8 Å². The van der Waals surface area contributed by atoms with Gasteiger partial charge in [0.25, 0.3) is 0 Å². The molecule has 2 rings (SSSR count). The summed E-state index contributed by atoms with van der Waals surface area (Å²) in [4.78, 5) is 4.34. The number of benzene rings is 2. The highest BCUT2D eigenvalue weighted by atomic mass is 79.9. The van der Waals surface area contributed by atoms with Crippen LogP contribution in [0.3, 0.4) is 0 Å². The van der Waals surface area contributed by atoms with E-state index in [-0.39, 0.29) is 0 Å². The predicted octanol–water partition coefficient (Wildman–Crippen LogP) is 5.73.